The van der Waals surface area contributed by atoms with Gasteiger partial charge in [0, 0.05) is 6.42 Å². The quantitative estimate of drug-likeness (QED) is 0.777. The normalized spacial score (nSPS) is 11.5. The number of rotatable bonds is 6. The van der Waals surface area contributed by atoms with Crippen LogP contribution in [0.3, 0.4) is 0 Å². The fourth-order valence-corrected chi connectivity index (χ4v) is 2.72. The van der Waals surface area contributed by atoms with Crippen LogP contribution < -0.4 is 0 Å². The Balaban J connectivity index is 2.31. The van der Waals surface area contributed by atoms with Crippen LogP contribution in [0, 0.1) is 0 Å². The van der Waals surface area contributed by atoms with Crippen molar-refractivity contribution in [3.05, 3.63) is 60.1 Å². The van der Waals surface area contributed by atoms with E-state index in [1.54, 1.807) is 12.5 Å². The summed E-state index contributed by atoms with van der Waals surface area (Å²) in [4.78, 5) is 12.8. The van der Waals surface area contributed by atoms with Crippen molar-refractivity contribution in [2.24, 2.45) is 0 Å². The molecule has 0 N–H and O–H groups in total. The van der Waals surface area contributed by atoms with E-state index in [4.69, 9.17) is 4.42 Å². The summed E-state index contributed by atoms with van der Waals surface area (Å²) in [7, 11) is 0. The first kappa shape index (κ1) is 13.6. The van der Waals surface area contributed by atoms with Gasteiger partial charge in [-0.25, -0.2) is 0 Å². The predicted molar refractivity (Wildman–Crippen MR) is 76.1 cm³/mol. The number of benzene rings is 1. The highest BCUT2D eigenvalue weighted by Crippen LogP contribution is 2.33. The number of carbonyl (C=O) groups is 1. The molecule has 2 nitrogen and oxygen atoms in total. The SMILES string of the molecule is CCC(CC)(C(=O)Cc1ccoc1)c1ccccc1. The van der Waals surface area contributed by atoms with Gasteiger partial charge >= 0.3 is 0 Å². The largest absolute Gasteiger partial charge is 0.472 e. The molecule has 1 aromatic heterocycles. The Labute approximate surface area is 114 Å². The van der Waals surface area contributed by atoms with Crippen LogP contribution >= 0.6 is 0 Å². The molecule has 0 amide bonds. The zero-order valence-electron chi connectivity index (χ0n) is 11.6. The van der Waals surface area contributed by atoms with Gasteiger partial charge in [0.2, 0.25) is 0 Å². The van der Waals surface area contributed by atoms with Gasteiger partial charge in [-0.05, 0) is 30.0 Å². The minimum atomic E-state index is -0.376. The average molecular weight is 256 g/mol. The predicted octanol–water partition coefficient (Wildman–Crippen LogP) is 4.15. The maximum Gasteiger partial charge on any atom is 0.147 e. The second-order valence-corrected chi connectivity index (χ2v) is 4.89. The van der Waals surface area contributed by atoms with Gasteiger partial charge in [0.05, 0.1) is 17.9 Å². The van der Waals surface area contributed by atoms with E-state index in [0.717, 1.165) is 24.0 Å². The first-order valence-corrected chi connectivity index (χ1v) is 6.83. The number of furan rings is 1. The van der Waals surface area contributed by atoms with Gasteiger partial charge in [-0.1, -0.05) is 44.2 Å². The maximum absolute atomic E-state index is 12.8. The Morgan fingerprint density at radius 2 is 1.79 bits per heavy atom. The molecule has 2 heteroatoms. The zero-order chi connectivity index (χ0) is 13.7. The van der Waals surface area contributed by atoms with Crippen LogP contribution in [0.5, 0.6) is 0 Å². The molecule has 0 atom stereocenters. The van der Waals surface area contributed by atoms with Crippen molar-refractivity contribution < 1.29 is 9.21 Å². The standard InChI is InChI=1S/C17H20O2/c1-3-17(4-2,15-8-6-5-7-9-15)16(18)12-14-10-11-19-13-14/h5-11,13H,3-4,12H2,1-2H3. The highest BCUT2D eigenvalue weighted by molar-refractivity contribution is 5.91. The molecular weight excluding hydrogens is 236 g/mol. The molecule has 0 aliphatic rings. The Morgan fingerprint density at radius 3 is 2.32 bits per heavy atom. The molecule has 19 heavy (non-hydrogen) atoms. The van der Waals surface area contributed by atoms with Crippen LogP contribution in [0.15, 0.2) is 53.3 Å². The first-order valence-electron chi connectivity index (χ1n) is 6.83. The number of carbonyl (C=O) groups excluding carboxylic acids is 1. The average Bonchev–Trinajstić information content (AvgIpc) is 2.95. The second kappa shape index (κ2) is 5.87. The fourth-order valence-electron chi connectivity index (χ4n) is 2.72. The third kappa shape index (κ3) is 2.62. The smallest absolute Gasteiger partial charge is 0.147 e. The molecule has 100 valence electrons. The molecule has 1 aromatic carbocycles. The molecule has 2 aromatic rings. The van der Waals surface area contributed by atoms with E-state index in [-0.39, 0.29) is 11.2 Å². The highest BCUT2D eigenvalue weighted by Gasteiger charge is 2.36. The third-order valence-corrected chi connectivity index (χ3v) is 4.01. The summed E-state index contributed by atoms with van der Waals surface area (Å²) in [5, 5.41) is 0. The van der Waals surface area contributed by atoms with Crippen molar-refractivity contribution in [1.82, 2.24) is 0 Å². The fraction of sp³-hybridized carbons (Fsp3) is 0.353. The molecule has 1 heterocycles. The van der Waals surface area contributed by atoms with Gasteiger partial charge in [0.25, 0.3) is 0 Å². The summed E-state index contributed by atoms with van der Waals surface area (Å²) in [6, 6.07) is 12.0. The lowest BCUT2D eigenvalue weighted by Crippen LogP contribution is -2.35. The molecule has 0 bridgehead atoms. The van der Waals surface area contributed by atoms with E-state index in [0.29, 0.717) is 6.42 Å². The maximum atomic E-state index is 12.8. The molecule has 0 spiro atoms. The second-order valence-electron chi connectivity index (χ2n) is 4.89. The van der Waals surface area contributed by atoms with Crippen LogP contribution in [0.4, 0.5) is 0 Å². The van der Waals surface area contributed by atoms with Gasteiger partial charge in [-0.2, -0.15) is 0 Å². The lowest BCUT2D eigenvalue weighted by molar-refractivity contribution is -0.124. The van der Waals surface area contributed by atoms with Crippen LogP contribution in [0.1, 0.15) is 37.8 Å². The Bertz CT molecular complexity index is 507. The monoisotopic (exact) mass is 256 g/mol. The van der Waals surface area contributed by atoms with Crippen LogP contribution in [-0.4, -0.2) is 5.78 Å². The van der Waals surface area contributed by atoms with Crippen LogP contribution in [-0.2, 0) is 16.6 Å². The topological polar surface area (TPSA) is 30.2 Å². The van der Waals surface area contributed by atoms with E-state index in [9.17, 15) is 4.79 Å². The van der Waals surface area contributed by atoms with Gasteiger partial charge in [-0.15, -0.1) is 0 Å². The Hall–Kier alpha value is -1.83. The van der Waals surface area contributed by atoms with E-state index in [1.807, 2.05) is 24.3 Å². The minimum Gasteiger partial charge on any atom is -0.472 e. The van der Waals surface area contributed by atoms with Gasteiger partial charge in [0.15, 0.2) is 0 Å². The summed E-state index contributed by atoms with van der Waals surface area (Å²) < 4.78 is 5.05. The lowest BCUT2D eigenvalue weighted by atomic mass is 9.71. The van der Waals surface area contributed by atoms with E-state index in [2.05, 4.69) is 26.0 Å². The minimum absolute atomic E-state index is 0.269. The van der Waals surface area contributed by atoms with Crippen molar-refractivity contribution >= 4 is 5.78 Å². The molecule has 0 fully saturated rings. The van der Waals surface area contributed by atoms with Crippen molar-refractivity contribution in [2.75, 3.05) is 0 Å². The number of hydrogen-bond acceptors (Lipinski definition) is 2. The Kier molecular flexibility index (Phi) is 4.20. The van der Waals surface area contributed by atoms with Gasteiger partial charge in [0.1, 0.15) is 5.78 Å². The van der Waals surface area contributed by atoms with E-state index in [1.165, 1.54) is 0 Å². The van der Waals surface area contributed by atoms with E-state index < -0.39 is 0 Å². The lowest BCUT2D eigenvalue weighted by Gasteiger charge is -2.30. The van der Waals surface area contributed by atoms with Crippen molar-refractivity contribution in [2.45, 2.75) is 38.5 Å². The van der Waals surface area contributed by atoms with Crippen molar-refractivity contribution in [3.8, 4) is 0 Å². The zero-order valence-corrected chi connectivity index (χ0v) is 11.6. The summed E-state index contributed by atoms with van der Waals surface area (Å²) in [5.41, 5.74) is 1.69. The third-order valence-electron chi connectivity index (χ3n) is 4.01. The van der Waals surface area contributed by atoms with Crippen LogP contribution in [0.25, 0.3) is 0 Å². The van der Waals surface area contributed by atoms with Crippen molar-refractivity contribution in [1.29, 1.82) is 0 Å². The molecule has 0 saturated heterocycles. The van der Waals surface area contributed by atoms with Gasteiger partial charge < -0.3 is 4.42 Å². The molecule has 0 radical (unpaired) electrons. The molecular formula is C17H20O2. The summed E-state index contributed by atoms with van der Waals surface area (Å²) in [6.45, 7) is 4.17. The van der Waals surface area contributed by atoms with Crippen LogP contribution in [0.2, 0.25) is 0 Å². The number of hydrogen-bond donors (Lipinski definition) is 0. The van der Waals surface area contributed by atoms with Gasteiger partial charge in [-0.3, -0.25) is 4.79 Å². The Morgan fingerprint density at radius 1 is 1.11 bits per heavy atom. The molecule has 0 saturated carbocycles. The molecule has 0 aliphatic carbocycles. The summed E-state index contributed by atoms with van der Waals surface area (Å²) in [6.07, 6.45) is 5.35. The molecule has 0 unspecified atom stereocenters. The number of Topliss-reactive ketones (excluding diaryl/α,β-unsaturated/α-hetero) is 1. The highest BCUT2D eigenvalue weighted by atomic mass is 16.3. The molecule has 2 rings (SSSR count). The van der Waals surface area contributed by atoms with E-state index >= 15 is 0 Å². The number of ketones is 1. The first-order chi connectivity index (χ1) is 9.23. The summed E-state index contributed by atoms with van der Waals surface area (Å²) >= 11 is 0. The van der Waals surface area contributed by atoms with Crippen molar-refractivity contribution in [3.63, 3.8) is 0 Å². The summed E-state index contributed by atoms with van der Waals surface area (Å²) in [5.74, 6) is 0.269. The molecule has 0 aliphatic heterocycles.